The van der Waals surface area contributed by atoms with Crippen LogP contribution in [-0.2, 0) is 0 Å². The minimum Gasteiger partial charge on any atom is -0.396 e. The predicted molar refractivity (Wildman–Crippen MR) is 85.1 cm³/mol. The van der Waals surface area contributed by atoms with Crippen molar-refractivity contribution in [3.63, 3.8) is 0 Å². The van der Waals surface area contributed by atoms with Crippen molar-refractivity contribution in [2.24, 2.45) is 17.3 Å². The van der Waals surface area contributed by atoms with Crippen LogP contribution in [0.4, 0.5) is 4.79 Å². The predicted octanol–water partition coefficient (Wildman–Crippen LogP) is 3.05. The highest BCUT2D eigenvalue weighted by Gasteiger charge is 2.34. The molecule has 122 valence electrons. The number of urea groups is 1. The molecule has 2 atom stereocenters. The third-order valence-electron chi connectivity index (χ3n) is 5.08. The van der Waals surface area contributed by atoms with Crippen molar-refractivity contribution >= 4 is 6.03 Å². The van der Waals surface area contributed by atoms with Crippen LogP contribution in [0.15, 0.2) is 0 Å². The van der Waals surface area contributed by atoms with Gasteiger partial charge in [0.1, 0.15) is 0 Å². The number of rotatable bonds is 7. The Morgan fingerprint density at radius 1 is 1.19 bits per heavy atom. The molecule has 2 unspecified atom stereocenters. The summed E-state index contributed by atoms with van der Waals surface area (Å²) < 4.78 is 0. The number of amides is 2. The van der Waals surface area contributed by atoms with Crippen LogP contribution in [-0.4, -0.2) is 30.3 Å². The van der Waals surface area contributed by atoms with Crippen molar-refractivity contribution in [2.75, 3.05) is 13.2 Å². The van der Waals surface area contributed by atoms with E-state index in [-0.39, 0.29) is 18.1 Å². The van der Waals surface area contributed by atoms with Gasteiger partial charge in [0.2, 0.25) is 0 Å². The van der Waals surface area contributed by atoms with Crippen LogP contribution < -0.4 is 10.6 Å². The molecule has 2 rings (SSSR count). The van der Waals surface area contributed by atoms with Crippen molar-refractivity contribution in [1.82, 2.24) is 10.6 Å². The first-order valence-corrected chi connectivity index (χ1v) is 8.65. The van der Waals surface area contributed by atoms with E-state index in [9.17, 15) is 9.90 Å². The molecular weight excluding hydrogens is 264 g/mol. The molecule has 0 aromatic carbocycles. The van der Waals surface area contributed by atoms with Gasteiger partial charge < -0.3 is 15.7 Å². The van der Waals surface area contributed by atoms with Crippen molar-refractivity contribution in [2.45, 2.75) is 71.3 Å². The Bertz CT molecular complexity index is 340. The first kappa shape index (κ1) is 16.6. The van der Waals surface area contributed by atoms with Crippen molar-refractivity contribution in [3.8, 4) is 0 Å². The lowest BCUT2D eigenvalue weighted by Crippen LogP contribution is -2.44. The van der Waals surface area contributed by atoms with Gasteiger partial charge in [0.25, 0.3) is 0 Å². The molecule has 0 spiro atoms. The van der Waals surface area contributed by atoms with E-state index in [1.54, 1.807) is 0 Å². The second kappa shape index (κ2) is 7.48. The van der Waals surface area contributed by atoms with E-state index in [1.165, 1.54) is 32.1 Å². The quantitative estimate of drug-likeness (QED) is 0.632. The summed E-state index contributed by atoms with van der Waals surface area (Å²) in [6.45, 7) is 4.98. The van der Waals surface area contributed by atoms with Crippen molar-refractivity contribution in [1.29, 1.82) is 0 Å². The lowest BCUT2D eigenvalue weighted by atomic mass is 9.83. The molecule has 0 aromatic heterocycles. The Morgan fingerprint density at radius 3 is 2.62 bits per heavy atom. The number of hydrogen-bond donors (Lipinski definition) is 3. The zero-order chi connectivity index (χ0) is 15.3. The maximum Gasteiger partial charge on any atom is 0.315 e. The maximum atomic E-state index is 11.9. The van der Waals surface area contributed by atoms with Gasteiger partial charge in [0.15, 0.2) is 0 Å². The van der Waals surface area contributed by atoms with Crippen LogP contribution in [0.3, 0.4) is 0 Å². The Labute approximate surface area is 129 Å². The lowest BCUT2D eigenvalue weighted by molar-refractivity contribution is 0.148. The van der Waals surface area contributed by atoms with Gasteiger partial charge in [-0.05, 0) is 55.8 Å². The van der Waals surface area contributed by atoms with E-state index >= 15 is 0 Å². The Kier molecular flexibility index (Phi) is 5.91. The molecule has 2 aliphatic carbocycles. The third kappa shape index (κ3) is 5.85. The molecule has 2 fully saturated rings. The van der Waals surface area contributed by atoms with E-state index in [4.69, 9.17) is 0 Å². The maximum absolute atomic E-state index is 11.9. The van der Waals surface area contributed by atoms with Gasteiger partial charge in [-0.1, -0.05) is 26.7 Å². The molecule has 0 heterocycles. The summed E-state index contributed by atoms with van der Waals surface area (Å²) in [6.07, 6.45) is 9.59. The Morgan fingerprint density at radius 2 is 1.95 bits per heavy atom. The Balaban J connectivity index is 1.58. The summed E-state index contributed by atoms with van der Waals surface area (Å²) in [4.78, 5) is 11.9. The largest absolute Gasteiger partial charge is 0.396 e. The smallest absolute Gasteiger partial charge is 0.315 e. The number of carbonyl (C=O) groups is 1. The van der Waals surface area contributed by atoms with E-state index < -0.39 is 0 Å². The van der Waals surface area contributed by atoms with Crippen molar-refractivity contribution < 1.29 is 9.90 Å². The molecule has 2 amide bonds. The molecule has 0 aromatic rings. The van der Waals surface area contributed by atoms with E-state index in [0.29, 0.717) is 12.6 Å². The third-order valence-corrected chi connectivity index (χ3v) is 5.08. The second-order valence-electron chi connectivity index (χ2n) is 7.79. The van der Waals surface area contributed by atoms with Gasteiger partial charge in [-0.15, -0.1) is 0 Å². The molecule has 4 nitrogen and oxygen atoms in total. The number of aliphatic hydroxyl groups excluding tert-OH is 1. The highest BCUT2D eigenvalue weighted by atomic mass is 16.3. The molecule has 0 saturated heterocycles. The Hall–Kier alpha value is -0.770. The topological polar surface area (TPSA) is 61.4 Å². The van der Waals surface area contributed by atoms with Gasteiger partial charge in [-0.3, -0.25) is 0 Å². The van der Waals surface area contributed by atoms with Crippen LogP contribution in [0.25, 0.3) is 0 Å². The van der Waals surface area contributed by atoms with Gasteiger partial charge >= 0.3 is 6.03 Å². The monoisotopic (exact) mass is 296 g/mol. The zero-order valence-corrected chi connectivity index (χ0v) is 13.7. The summed E-state index contributed by atoms with van der Waals surface area (Å²) in [5, 5.41) is 15.3. The van der Waals surface area contributed by atoms with E-state index in [2.05, 4.69) is 10.6 Å². The summed E-state index contributed by atoms with van der Waals surface area (Å²) in [5.41, 5.74) is -0.0426. The highest BCUT2D eigenvalue weighted by Crippen LogP contribution is 2.43. The van der Waals surface area contributed by atoms with Crippen LogP contribution in [0.2, 0.25) is 0 Å². The van der Waals surface area contributed by atoms with Crippen LogP contribution in [0, 0.1) is 17.3 Å². The van der Waals surface area contributed by atoms with E-state index in [1.807, 2.05) is 13.8 Å². The first-order chi connectivity index (χ1) is 10.00. The second-order valence-corrected chi connectivity index (χ2v) is 7.79. The number of carbonyl (C=O) groups excluding carboxylic acids is 1. The van der Waals surface area contributed by atoms with Crippen LogP contribution in [0.5, 0.6) is 0 Å². The standard InChI is InChI=1S/C17H32N2O2/c1-17(2,12-20)9-4-10-18-16(21)19-15-6-3-5-14(11-15)13-7-8-13/h13-15,20H,3-12H2,1-2H3,(H2,18,19,21). The van der Waals surface area contributed by atoms with Gasteiger partial charge in [0.05, 0.1) is 0 Å². The van der Waals surface area contributed by atoms with Gasteiger partial charge in [-0.2, -0.15) is 0 Å². The summed E-state index contributed by atoms with van der Waals surface area (Å²) in [6, 6.07) is 0.358. The molecule has 3 N–H and O–H groups in total. The summed E-state index contributed by atoms with van der Waals surface area (Å²) in [5.74, 6) is 1.81. The number of nitrogens with one attached hydrogen (secondary N) is 2. The van der Waals surface area contributed by atoms with Crippen molar-refractivity contribution in [3.05, 3.63) is 0 Å². The number of hydrogen-bond acceptors (Lipinski definition) is 2. The molecule has 21 heavy (non-hydrogen) atoms. The normalized spacial score (nSPS) is 26.4. The van der Waals surface area contributed by atoms with Gasteiger partial charge in [0, 0.05) is 19.2 Å². The summed E-state index contributed by atoms with van der Waals surface area (Å²) in [7, 11) is 0. The molecule has 2 saturated carbocycles. The lowest BCUT2D eigenvalue weighted by Gasteiger charge is -2.30. The molecule has 2 aliphatic rings. The minimum atomic E-state index is -0.0426. The number of aliphatic hydroxyl groups is 1. The van der Waals surface area contributed by atoms with E-state index in [0.717, 1.165) is 31.1 Å². The highest BCUT2D eigenvalue weighted by molar-refractivity contribution is 5.74. The molecular formula is C17H32N2O2. The summed E-state index contributed by atoms with van der Waals surface area (Å²) >= 11 is 0. The fraction of sp³-hybridized carbons (Fsp3) is 0.941. The fourth-order valence-corrected chi connectivity index (χ4v) is 3.44. The molecule has 0 aliphatic heterocycles. The van der Waals surface area contributed by atoms with Crippen LogP contribution >= 0.6 is 0 Å². The zero-order valence-electron chi connectivity index (χ0n) is 13.7. The molecule has 0 radical (unpaired) electrons. The van der Waals surface area contributed by atoms with Crippen LogP contribution in [0.1, 0.15) is 65.2 Å². The average Bonchev–Trinajstić information content (AvgIpc) is 3.29. The minimum absolute atomic E-state index is 0.0155. The molecule has 4 heteroatoms. The average molecular weight is 296 g/mol. The SMILES string of the molecule is CC(C)(CO)CCCNC(=O)NC1CCCC(C2CC2)C1. The fourth-order valence-electron chi connectivity index (χ4n) is 3.44. The molecule has 0 bridgehead atoms. The first-order valence-electron chi connectivity index (χ1n) is 8.65. The van der Waals surface area contributed by atoms with Gasteiger partial charge in [-0.25, -0.2) is 4.79 Å².